The largest absolute Gasteiger partial charge is 0.390 e. The highest BCUT2D eigenvalue weighted by Gasteiger charge is 2.08. The Labute approximate surface area is 120 Å². The molecule has 0 unspecified atom stereocenters. The molecule has 0 atom stereocenters. The maximum absolute atomic E-state index is 11.9. The highest BCUT2D eigenvalue weighted by molar-refractivity contribution is 6.06. The molecule has 0 saturated heterocycles. The molecule has 0 radical (unpaired) electrons. The van der Waals surface area contributed by atoms with Crippen molar-refractivity contribution < 1.29 is 4.79 Å². The molecule has 20 heavy (non-hydrogen) atoms. The number of hydrogen-bond donors (Lipinski definition) is 2. The molecule has 0 aliphatic rings. The van der Waals surface area contributed by atoms with E-state index in [1.807, 2.05) is 31.2 Å². The van der Waals surface area contributed by atoms with E-state index < -0.39 is 5.91 Å². The summed E-state index contributed by atoms with van der Waals surface area (Å²) in [6, 6.07) is 9.38. The van der Waals surface area contributed by atoms with Crippen molar-refractivity contribution >= 4 is 11.6 Å². The quantitative estimate of drug-likeness (QED) is 0.475. The summed E-state index contributed by atoms with van der Waals surface area (Å²) < 4.78 is 0. The van der Waals surface area contributed by atoms with E-state index in [4.69, 9.17) is 5.26 Å². The minimum absolute atomic E-state index is 0.0789. The van der Waals surface area contributed by atoms with Crippen molar-refractivity contribution in [1.29, 1.82) is 5.26 Å². The lowest BCUT2D eigenvalue weighted by Crippen LogP contribution is -2.17. The number of nitrogens with zero attached hydrogens (tertiary/aromatic N) is 1. The van der Waals surface area contributed by atoms with Gasteiger partial charge in [0.2, 0.25) is 0 Å². The maximum atomic E-state index is 11.9. The second-order valence-electron chi connectivity index (χ2n) is 5.13. The molecule has 1 amide bonds. The fourth-order valence-electron chi connectivity index (χ4n) is 1.62. The van der Waals surface area contributed by atoms with Crippen LogP contribution in [0.1, 0.15) is 25.8 Å². The van der Waals surface area contributed by atoms with Gasteiger partial charge in [-0.05, 0) is 37.0 Å². The molecule has 1 aromatic rings. The van der Waals surface area contributed by atoms with Gasteiger partial charge in [0.25, 0.3) is 5.91 Å². The van der Waals surface area contributed by atoms with Crippen LogP contribution < -0.4 is 10.6 Å². The molecule has 0 fully saturated rings. The van der Waals surface area contributed by atoms with Gasteiger partial charge in [0.15, 0.2) is 0 Å². The average Bonchev–Trinajstić information content (AvgIpc) is 2.38. The van der Waals surface area contributed by atoms with E-state index >= 15 is 0 Å². The fourth-order valence-corrected chi connectivity index (χ4v) is 1.62. The van der Waals surface area contributed by atoms with Crippen LogP contribution in [0.5, 0.6) is 0 Å². The lowest BCUT2D eigenvalue weighted by atomic mass is 10.1. The molecule has 2 N–H and O–H groups in total. The molecule has 4 nitrogen and oxygen atoms in total. The van der Waals surface area contributed by atoms with Crippen molar-refractivity contribution in [3.8, 4) is 6.07 Å². The number of hydrogen-bond acceptors (Lipinski definition) is 3. The molecule has 1 aromatic carbocycles. The fraction of sp³-hybridized carbons (Fsp3) is 0.375. The van der Waals surface area contributed by atoms with E-state index in [1.165, 1.54) is 6.20 Å². The van der Waals surface area contributed by atoms with Crippen molar-refractivity contribution in [1.82, 2.24) is 5.32 Å². The number of amides is 1. The topological polar surface area (TPSA) is 64.9 Å². The van der Waals surface area contributed by atoms with E-state index in [2.05, 4.69) is 24.5 Å². The Morgan fingerprint density at radius 3 is 2.80 bits per heavy atom. The van der Waals surface area contributed by atoms with Gasteiger partial charge in [-0.25, -0.2) is 0 Å². The van der Waals surface area contributed by atoms with Gasteiger partial charge in [0.1, 0.15) is 11.6 Å². The Morgan fingerprint density at radius 1 is 1.45 bits per heavy atom. The maximum Gasteiger partial charge on any atom is 0.267 e. The SMILES string of the molecule is Cc1cccc(NC(=O)/C(C#N)=C\NCCC(C)C)c1. The summed E-state index contributed by atoms with van der Waals surface area (Å²) in [6.07, 6.45) is 2.47. The Bertz CT molecular complexity index is 527. The summed E-state index contributed by atoms with van der Waals surface area (Å²) >= 11 is 0. The highest BCUT2D eigenvalue weighted by Crippen LogP contribution is 2.10. The van der Waals surface area contributed by atoms with Gasteiger partial charge in [-0.15, -0.1) is 0 Å². The third-order valence-electron chi connectivity index (χ3n) is 2.75. The normalized spacial score (nSPS) is 11.1. The number of carbonyl (C=O) groups excluding carboxylic acids is 1. The molecular formula is C16H21N3O. The Kier molecular flexibility index (Phi) is 6.31. The van der Waals surface area contributed by atoms with Gasteiger partial charge in [0.05, 0.1) is 0 Å². The van der Waals surface area contributed by atoms with Crippen LogP contribution >= 0.6 is 0 Å². The standard InChI is InChI=1S/C16H21N3O/c1-12(2)7-8-18-11-14(10-17)16(20)19-15-6-4-5-13(3)9-15/h4-6,9,11-12,18H,7-8H2,1-3H3,(H,19,20)/b14-11-. The summed E-state index contributed by atoms with van der Waals surface area (Å²) in [5, 5.41) is 14.7. The number of nitriles is 1. The molecule has 106 valence electrons. The number of rotatable bonds is 6. The van der Waals surface area contributed by atoms with Gasteiger partial charge in [-0.2, -0.15) is 5.26 Å². The monoisotopic (exact) mass is 271 g/mol. The minimum atomic E-state index is -0.393. The summed E-state index contributed by atoms with van der Waals surface area (Å²) in [6.45, 7) is 6.95. The molecule has 0 heterocycles. The lowest BCUT2D eigenvalue weighted by Gasteiger charge is -2.06. The Balaban J connectivity index is 2.59. The number of nitrogens with one attached hydrogen (secondary N) is 2. The zero-order chi connectivity index (χ0) is 15.0. The predicted octanol–water partition coefficient (Wildman–Crippen LogP) is 2.98. The van der Waals surface area contributed by atoms with Crippen LogP contribution in [0.3, 0.4) is 0 Å². The number of aryl methyl sites for hydroxylation is 1. The minimum Gasteiger partial charge on any atom is -0.390 e. The Hall–Kier alpha value is -2.28. The molecule has 0 aromatic heterocycles. The van der Waals surface area contributed by atoms with Gasteiger partial charge >= 0.3 is 0 Å². The van der Waals surface area contributed by atoms with Crippen LogP contribution in [-0.2, 0) is 4.79 Å². The molecule has 4 heteroatoms. The second-order valence-corrected chi connectivity index (χ2v) is 5.13. The first kappa shape index (κ1) is 15.8. The number of carbonyl (C=O) groups is 1. The van der Waals surface area contributed by atoms with Crippen LogP contribution in [0.2, 0.25) is 0 Å². The highest BCUT2D eigenvalue weighted by atomic mass is 16.1. The molecule has 1 rings (SSSR count). The molecule has 0 saturated carbocycles. The molecule has 0 aliphatic heterocycles. The Morgan fingerprint density at radius 2 is 2.20 bits per heavy atom. The van der Waals surface area contributed by atoms with E-state index in [0.29, 0.717) is 11.6 Å². The third kappa shape index (κ3) is 5.57. The summed E-state index contributed by atoms with van der Waals surface area (Å²) in [7, 11) is 0. The zero-order valence-corrected chi connectivity index (χ0v) is 12.2. The van der Waals surface area contributed by atoms with Gasteiger partial charge in [0, 0.05) is 18.4 Å². The van der Waals surface area contributed by atoms with Crippen LogP contribution in [0.15, 0.2) is 36.0 Å². The van der Waals surface area contributed by atoms with E-state index in [9.17, 15) is 4.79 Å². The third-order valence-corrected chi connectivity index (χ3v) is 2.75. The van der Waals surface area contributed by atoms with Gasteiger partial charge in [-0.3, -0.25) is 4.79 Å². The average molecular weight is 271 g/mol. The van der Waals surface area contributed by atoms with Gasteiger partial charge in [-0.1, -0.05) is 26.0 Å². The first-order valence-corrected chi connectivity index (χ1v) is 6.74. The predicted molar refractivity (Wildman–Crippen MR) is 81.0 cm³/mol. The second kappa shape index (κ2) is 8.00. The van der Waals surface area contributed by atoms with Crippen molar-refractivity contribution in [2.45, 2.75) is 27.2 Å². The van der Waals surface area contributed by atoms with Crippen molar-refractivity contribution in [2.24, 2.45) is 5.92 Å². The molecule has 0 aliphatic carbocycles. The van der Waals surface area contributed by atoms with E-state index in [0.717, 1.165) is 18.5 Å². The van der Waals surface area contributed by atoms with E-state index in [-0.39, 0.29) is 5.57 Å². The van der Waals surface area contributed by atoms with Crippen LogP contribution in [-0.4, -0.2) is 12.5 Å². The summed E-state index contributed by atoms with van der Waals surface area (Å²) in [5.41, 5.74) is 1.83. The van der Waals surface area contributed by atoms with E-state index in [1.54, 1.807) is 6.07 Å². The van der Waals surface area contributed by atoms with Crippen molar-refractivity contribution in [2.75, 3.05) is 11.9 Å². The molecule has 0 bridgehead atoms. The molecule has 0 spiro atoms. The molecular weight excluding hydrogens is 250 g/mol. The zero-order valence-electron chi connectivity index (χ0n) is 12.2. The van der Waals surface area contributed by atoms with Crippen LogP contribution in [0.25, 0.3) is 0 Å². The summed E-state index contributed by atoms with van der Waals surface area (Å²) in [5.74, 6) is 0.192. The van der Waals surface area contributed by atoms with Crippen molar-refractivity contribution in [3.63, 3.8) is 0 Å². The van der Waals surface area contributed by atoms with Crippen molar-refractivity contribution in [3.05, 3.63) is 41.6 Å². The van der Waals surface area contributed by atoms with Crippen LogP contribution in [0.4, 0.5) is 5.69 Å². The lowest BCUT2D eigenvalue weighted by molar-refractivity contribution is -0.112. The summed E-state index contributed by atoms with van der Waals surface area (Å²) in [4.78, 5) is 11.9. The number of anilines is 1. The number of benzene rings is 1. The van der Waals surface area contributed by atoms with Crippen LogP contribution in [0, 0.1) is 24.2 Å². The van der Waals surface area contributed by atoms with Gasteiger partial charge < -0.3 is 10.6 Å². The first-order valence-electron chi connectivity index (χ1n) is 6.74. The first-order chi connectivity index (χ1) is 9.52. The smallest absolute Gasteiger partial charge is 0.267 e.